The van der Waals surface area contributed by atoms with Gasteiger partial charge in [-0.3, -0.25) is 4.21 Å². The lowest BCUT2D eigenvalue weighted by molar-refractivity contribution is 0.413. The van der Waals surface area contributed by atoms with E-state index in [1.165, 1.54) is 7.11 Å². The third-order valence-electron chi connectivity index (χ3n) is 2.69. The fourth-order valence-electron chi connectivity index (χ4n) is 1.74. The van der Waals surface area contributed by atoms with E-state index in [9.17, 15) is 4.21 Å². The highest BCUT2D eigenvalue weighted by molar-refractivity contribution is 7.84. The van der Waals surface area contributed by atoms with Gasteiger partial charge in [0.05, 0.1) is 29.2 Å². The normalized spacial score (nSPS) is 11.6. The fraction of sp³-hybridized carbons (Fsp3) is 0.133. The number of hydrogen-bond donors (Lipinski definition) is 0. The molecular formula is C15H13NO2S. The average Bonchev–Trinajstić information content (AvgIpc) is 2.48. The lowest BCUT2D eigenvalue weighted by Crippen LogP contribution is -1.97. The Morgan fingerprint density at radius 2 is 1.95 bits per heavy atom. The summed E-state index contributed by atoms with van der Waals surface area (Å²) >= 11 is 0. The number of rotatable bonds is 4. The highest BCUT2D eigenvalue weighted by Crippen LogP contribution is 2.20. The molecule has 1 atom stereocenters. The minimum atomic E-state index is -1.10. The second-order valence-electron chi connectivity index (χ2n) is 3.95. The van der Waals surface area contributed by atoms with Gasteiger partial charge in [-0.15, -0.1) is 0 Å². The molecule has 0 heterocycles. The first-order valence-electron chi connectivity index (χ1n) is 5.75. The summed E-state index contributed by atoms with van der Waals surface area (Å²) in [5.41, 5.74) is 1.32. The van der Waals surface area contributed by atoms with Crippen molar-refractivity contribution in [1.29, 1.82) is 5.26 Å². The van der Waals surface area contributed by atoms with Gasteiger partial charge in [0.15, 0.2) is 0 Å². The third-order valence-corrected chi connectivity index (χ3v) is 4.08. The molecule has 4 heteroatoms. The summed E-state index contributed by atoms with van der Waals surface area (Å²) in [6.45, 7) is 0. The van der Waals surface area contributed by atoms with Gasteiger partial charge in [-0.1, -0.05) is 24.3 Å². The zero-order valence-corrected chi connectivity index (χ0v) is 11.3. The zero-order chi connectivity index (χ0) is 13.7. The number of nitrogens with zero attached hydrogens (tertiary/aromatic N) is 1. The van der Waals surface area contributed by atoms with Crippen molar-refractivity contribution in [1.82, 2.24) is 0 Å². The molecular weight excluding hydrogens is 258 g/mol. The van der Waals surface area contributed by atoms with E-state index < -0.39 is 10.8 Å². The van der Waals surface area contributed by atoms with Crippen molar-refractivity contribution in [3.63, 3.8) is 0 Å². The first-order chi connectivity index (χ1) is 9.24. The van der Waals surface area contributed by atoms with Crippen LogP contribution in [0, 0.1) is 11.3 Å². The minimum absolute atomic E-state index is 0.392. The molecule has 0 saturated carbocycles. The van der Waals surface area contributed by atoms with Gasteiger partial charge < -0.3 is 4.74 Å². The summed E-state index contributed by atoms with van der Waals surface area (Å²) in [4.78, 5) is 0.789. The number of ether oxygens (including phenoxy) is 1. The molecule has 0 bridgehead atoms. The SMILES string of the molecule is COc1ccc(CS(=O)c2ccccc2)cc1C#N. The maximum atomic E-state index is 12.2. The number of methoxy groups -OCH3 is 1. The van der Waals surface area contributed by atoms with Crippen molar-refractivity contribution in [2.75, 3.05) is 7.11 Å². The molecule has 0 aliphatic carbocycles. The van der Waals surface area contributed by atoms with Crippen molar-refractivity contribution in [3.05, 3.63) is 59.7 Å². The van der Waals surface area contributed by atoms with E-state index in [1.54, 1.807) is 12.1 Å². The Kier molecular flexibility index (Phi) is 4.32. The van der Waals surface area contributed by atoms with Crippen molar-refractivity contribution in [2.24, 2.45) is 0 Å². The lowest BCUT2D eigenvalue weighted by atomic mass is 10.1. The summed E-state index contributed by atoms with van der Waals surface area (Å²) < 4.78 is 17.2. The number of hydrogen-bond acceptors (Lipinski definition) is 3. The van der Waals surface area contributed by atoms with E-state index in [4.69, 9.17) is 10.00 Å². The molecule has 0 aromatic heterocycles. The van der Waals surface area contributed by atoms with Gasteiger partial charge in [-0.05, 0) is 29.8 Å². The van der Waals surface area contributed by atoms with Gasteiger partial charge in [-0.25, -0.2) is 0 Å². The van der Waals surface area contributed by atoms with Crippen LogP contribution in [0.1, 0.15) is 11.1 Å². The highest BCUT2D eigenvalue weighted by Gasteiger charge is 2.08. The molecule has 0 amide bonds. The minimum Gasteiger partial charge on any atom is -0.495 e. The third kappa shape index (κ3) is 3.21. The monoisotopic (exact) mass is 271 g/mol. The Morgan fingerprint density at radius 3 is 2.58 bits per heavy atom. The van der Waals surface area contributed by atoms with Gasteiger partial charge in [0.2, 0.25) is 0 Å². The Balaban J connectivity index is 2.21. The van der Waals surface area contributed by atoms with Gasteiger partial charge in [0.1, 0.15) is 11.8 Å². The molecule has 0 fully saturated rings. The molecule has 0 N–H and O–H groups in total. The Morgan fingerprint density at radius 1 is 1.21 bits per heavy atom. The largest absolute Gasteiger partial charge is 0.495 e. The molecule has 0 spiro atoms. The van der Waals surface area contributed by atoms with Crippen LogP contribution in [0.5, 0.6) is 5.75 Å². The highest BCUT2D eigenvalue weighted by atomic mass is 32.2. The van der Waals surface area contributed by atoms with Crippen LogP contribution in [0.25, 0.3) is 0 Å². The second kappa shape index (κ2) is 6.17. The van der Waals surface area contributed by atoms with Gasteiger partial charge in [-0.2, -0.15) is 5.26 Å². The van der Waals surface area contributed by atoms with E-state index in [0.29, 0.717) is 17.1 Å². The molecule has 0 radical (unpaired) electrons. The van der Waals surface area contributed by atoms with Gasteiger partial charge in [0.25, 0.3) is 0 Å². The molecule has 96 valence electrons. The molecule has 1 unspecified atom stereocenters. The Labute approximate surface area is 114 Å². The van der Waals surface area contributed by atoms with E-state index >= 15 is 0 Å². The molecule has 0 aliphatic heterocycles. The lowest BCUT2D eigenvalue weighted by Gasteiger charge is -2.06. The van der Waals surface area contributed by atoms with Crippen molar-refractivity contribution >= 4 is 10.8 Å². The predicted molar refractivity (Wildman–Crippen MR) is 74.3 cm³/mol. The quantitative estimate of drug-likeness (QED) is 0.859. The molecule has 2 rings (SSSR count). The van der Waals surface area contributed by atoms with Crippen molar-refractivity contribution < 1.29 is 8.95 Å². The van der Waals surface area contributed by atoms with E-state index in [1.807, 2.05) is 36.4 Å². The number of benzene rings is 2. The van der Waals surface area contributed by atoms with E-state index in [0.717, 1.165) is 10.5 Å². The predicted octanol–water partition coefficient (Wildman–Crippen LogP) is 2.87. The van der Waals surface area contributed by atoms with Crippen LogP contribution in [-0.4, -0.2) is 11.3 Å². The van der Waals surface area contributed by atoms with Crippen LogP contribution in [0.4, 0.5) is 0 Å². The summed E-state index contributed by atoms with van der Waals surface area (Å²) in [6, 6.07) is 16.7. The standard InChI is InChI=1S/C15H13NO2S/c1-18-15-8-7-12(9-13(15)10-16)11-19(17)14-5-3-2-4-6-14/h2-9H,11H2,1H3. The maximum Gasteiger partial charge on any atom is 0.136 e. The first-order valence-corrected chi connectivity index (χ1v) is 7.07. The summed E-state index contributed by atoms with van der Waals surface area (Å²) in [5, 5.41) is 9.02. The van der Waals surface area contributed by atoms with Crippen molar-refractivity contribution in [2.45, 2.75) is 10.6 Å². The smallest absolute Gasteiger partial charge is 0.136 e. The van der Waals surface area contributed by atoms with Crippen LogP contribution in [0.15, 0.2) is 53.4 Å². The Bertz CT molecular complexity index is 632. The molecule has 19 heavy (non-hydrogen) atoms. The molecule has 3 nitrogen and oxygen atoms in total. The second-order valence-corrected chi connectivity index (χ2v) is 5.40. The summed E-state index contributed by atoms with van der Waals surface area (Å²) in [5.74, 6) is 0.930. The molecule has 0 aliphatic rings. The van der Waals surface area contributed by atoms with Crippen molar-refractivity contribution in [3.8, 4) is 11.8 Å². The number of nitriles is 1. The molecule has 2 aromatic carbocycles. The maximum absolute atomic E-state index is 12.2. The van der Waals surface area contributed by atoms with Gasteiger partial charge in [0, 0.05) is 4.90 Å². The van der Waals surface area contributed by atoms with Crippen LogP contribution in [0.2, 0.25) is 0 Å². The molecule has 2 aromatic rings. The van der Waals surface area contributed by atoms with E-state index in [2.05, 4.69) is 6.07 Å². The fourth-order valence-corrected chi connectivity index (χ4v) is 2.85. The van der Waals surface area contributed by atoms with Crippen LogP contribution >= 0.6 is 0 Å². The Hall–Kier alpha value is -2.12. The first kappa shape index (κ1) is 13.3. The topological polar surface area (TPSA) is 50.1 Å². The van der Waals surface area contributed by atoms with Crippen LogP contribution in [0.3, 0.4) is 0 Å². The van der Waals surface area contributed by atoms with Crippen LogP contribution < -0.4 is 4.74 Å². The van der Waals surface area contributed by atoms with E-state index in [-0.39, 0.29) is 0 Å². The summed E-state index contributed by atoms with van der Waals surface area (Å²) in [6.07, 6.45) is 0. The summed E-state index contributed by atoms with van der Waals surface area (Å²) in [7, 11) is 0.422. The van der Waals surface area contributed by atoms with Gasteiger partial charge >= 0.3 is 0 Å². The average molecular weight is 271 g/mol. The van der Waals surface area contributed by atoms with Crippen LogP contribution in [-0.2, 0) is 16.6 Å². The zero-order valence-electron chi connectivity index (χ0n) is 10.5. The molecule has 0 saturated heterocycles.